The summed E-state index contributed by atoms with van der Waals surface area (Å²) in [5, 5.41) is 10.2. The maximum atomic E-state index is 13.6. The van der Waals surface area contributed by atoms with Crippen LogP contribution in [0, 0.1) is 13.8 Å². The zero-order chi connectivity index (χ0) is 22.9. The lowest BCUT2D eigenvalue weighted by Crippen LogP contribution is -2.38. The summed E-state index contributed by atoms with van der Waals surface area (Å²) in [5.41, 5.74) is 3.24. The summed E-state index contributed by atoms with van der Waals surface area (Å²) in [6, 6.07) is 16.8. The third-order valence-corrected chi connectivity index (χ3v) is 7.56. The van der Waals surface area contributed by atoms with Gasteiger partial charge in [-0.1, -0.05) is 39.7 Å². The normalized spacial score (nSPS) is 11.5. The number of halogens is 1. The van der Waals surface area contributed by atoms with E-state index in [1.165, 1.54) is 6.07 Å². The van der Waals surface area contributed by atoms with Crippen LogP contribution in [0.2, 0.25) is 0 Å². The van der Waals surface area contributed by atoms with Gasteiger partial charge in [-0.3, -0.25) is 9.10 Å². The van der Waals surface area contributed by atoms with E-state index in [4.69, 9.17) is 4.63 Å². The third-order valence-electron chi connectivity index (χ3n) is 4.87. The van der Waals surface area contributed by atoms with Crippen molar-refractivity contribution in [3.63, 3.8) is 0 Å². The molecule has 0 saturated heterocycles. The van der Waals surface area contributed by atoms with E-state index in [1.54, 1.807) is 48.5 Å². The lowest BCUT2D eigenvalue weighted by Gasteiger charge is -2.24. The molecule has 0 fully saturated rings. The number of sulfonamides is 1. The molecule has 0 aliphatic carbocycles. The first-order valence-electron chi connectivity index (χ1n) is 9.62. The van der Waals surface area contributed by atoms with Crippen molar-refractivity contribution in [2.24, 2.45) is 0 Å². The highest BCUT2D eigenvalue weighted by Gasteiger charge is 2.30. The Balaban J connectivity index is 1.72. The van der Waals surface area contributed by atoms with Crippen LogP contribution in [0.1, 0.15) is 11.1 Å². The second-order valence-electron chi connectivity index (χ2n) is 7.25. The van der Waals surface area contributed by atoms with Gasteiger partial charge in [0.05, 0.1) is 5.69 Å². The Morgan fingerprint density at radius 3 is 2.53 bits per heavy atom. The molecule has 164 valence electrons. The molecular weight excluding hydrogens is 496 g/mol. The number of carbonyl (C=O) groups excluding carboxylic acids is 1. The topological polar surface area (TPSA) is 105 Å². The van der Waals surface area contributed by atoms with Crippen molar-refractivity contribution in [3.8, 4) is 0 Å². The van der Waals surface area contributed by atoms with Crippen LogP contribution in [0.4, 0.5) is 11.4 Å². The number of hydrogen-bond acceptors (Lipinski definition) is 6. The van der Waals surface area contributed by atoms with E-state index in [1.807, 2.05) is 19.9 Å². The van der Waals surface area contributed by atoms with Crippen LogP contribution in [0.25, 0.3) is 11.0 Å². The lowest BCUT2D eigenvalue weighted by atomic mass is 10.2. The molecule has 10 heteroatoms. The van der Waals surface area contributed by atoms with Gasteiger partial charge in [0.15, 0.2) is 5.52 Å². The van der Waals surface area contributed by atoms with E-state index in [9.17, 15) is 13.2 Å². The summed E-state index contributed by atoms with van der Waals surface area (Å²) in [4.78, 5) is 12.8. The van der Waals surface area contributed by atoms with Gasteiger partial charge in [0.2, 0.25) is 5.91 Å². The molecule has 0 aliphatic rings. The van der Waals surface area contributed by atoms with Gasteiger partial charge in [-0.05, 0) is 72.2 Å². The van der Waals surface area contributed by atoms with Gasteiger partial charge in [-0.2, -0.15) is 0 Å². The van der Waals surface area contributed by atoms with Crippen molar-refractivity contribution < 1.29 is 17.8 Å². The number of aromatic nitrogens is 2. The van der Waals surface area contributed by atoms with Gasteiger partial charge in [0.1, 0.15) is 17.0 Å². The standard InChI is InChI=1S/C22H19BrN4O4S/c1-14-6-9-17(10-7-14)27(13-21(28)24-16-8-11-18(23)15(2)12-16)32(29,30)20-5-3-4-19-22(20)26-31-25-19/h3-12H,13H2,1-2H3,(H,24,28). The Labute approximate surface area is 193 Å². The van der Waals surface area contributed by atoms with E-state index >= 15 is 0 Å². The summed E-state index contributed by atoms with van der Waals surface area (Å²) < 4.78 is 34.0. The van der Waals surface area contributed by atoms with Crippen molar-refractivity contribution in [2.45, 2.75) is 18.7 Å². The number of rotatable bonds is 6. The maximum absolute atomic E-state index is 13.6. The fourth-order valence-corrected chi connectivity index (χ4v) is 4.99. The molecule has 32 heavy (non-hydrogen) atoms. The second kappa shape index (κ2) is 8.71. The highest BCUT2D eigenvalue weighted by atomic mass is 79.9. The number of nitrogens with one attached hydrogen (secondary N) is 1. The van der Waals surface area contributed by atoms with Crippen LogP contribution in [0.5, 0.6) is 0 Å². The molecule has 0 atom stereocenters. The number of nitrogens with zero attached hydrogens (tertiary/aromatic N) is 3. The number of fused-ring (bicyclic) bond motifs is 1. The quantitative estimate of drug-likeness (QED) is 0.407. The molecule has 1 N–H and O–H groups in total. The van der Waals surface area contributed by atoms with Crippen molar-refractivity contribution in [2.75, 3.05) is 16.2 Å². The number of aryl methyl sites for hydroxylation is 2. The average Bonchev–Trinajstić information content (AvgIpc) is 3.24. The number of carbonyl (C=O) groups is 1. The van der Waals surface area contributed by atoms with E-state index in [-0.39, 0.29) is 10.4 Å². The smallest absolute Gasteiger partial charge is 0.267 e. The van der Waals surface area contributed by atoms with Gasteiger partial charge in [0.25, 0.3) is 10.0 Å². The third kappa shape index (κ3) is 4.37. The van der Waals surface area contributed by atoms with Gasteiger partial charge < -0.3 is 5.32 Å². The molecule has 0 saturated carbocycles. The first-order valence-corrected chi connectivity index (χ1v) is 11.9. The Kier molecular flexibility index (Phi) is 5.98. The molecular formula is C22H19BrN4O4S. The first kappa shape index (κ1) is 22.0. The molecule has 0 unspecified atom stereocenters. The molecule has 1 aromatic heterocycles. The van der Waals surface area contributed by atoms with Crippen molar-refractivity contribution >= 4 is 54.3 Å². The Morgan fingerprint density at radius 2 is 1.81 bits per heavy atom. The zero-order valence-electron chi connectivity index (χ0n) is 17.2. The Morgan fingerprint density at radius 1 is 1.06 bits per heavy atom. The van der Waals surface area contributed by atoms with E-state index in [0.717, 1.165) is 19.9 Å². The minimum absolute atomic E-state index is 0.0934. The molecule has 0 bridgehead atoms. The molecule has 1 amide bonds. The Hall–Kier alpha value is -3.24. The minimum Gasteiger partial charge on any atom is -0.325 e. The summed E-state index contributed by atoms with van der Waals surface area (Å²) in [6.07, 6.45) is 0. The zero-order valence-corrected chi connectivity index (χ0v) is 19.6. The van der Waals surface area contributed by atoms with Crippen LogP contribution in [0.3, 0.4) is 0 Å². The van der Waals surface area contributed by atoms with E-state index in [2.05, 4.69) is 31.6 Å². The fourth-order valence-electron chi connectivity index (χ4n) is 3.19. The summed E-state index contributed by atoms with van der Waals surface area (Å²) >= 11 is 3.42. The predicted molar refractivity (Wildman–Crippen MR) is 125 cm³/mol. The fraction of sp³-hybridized carbons (Fsp3) is 0.136. The molecule has 8 nitrogen and oxygen atoms in total. The van der Waals surface area contributed by atoms with Crippen LogP contribution in [0.15, 0.2) is 74.7 Å². The van der Waals surface area contributed by atoms with Crippen LogP contribution in [-0.4, -0.2) is 31.2 Å². The second-order valence-corrected chi connectivity index (χ2v) is 9.93. The number of hydrogen-bond donors (Lipinski definition) is 1. The van der Waals surface area contributed by atoms with Crippen molar-refractivity contribution in [1.82, 2.24) is 10.3 Å². The lowest BCUT2D eigenvalue weighted by molar-refractivity contribution is -0.114. The minimum atomic E-state index is -4.16. The molecule has 4 rings (SSSR count). The molecule has 0 aliphatic heterocycles. The molecule has 0 radical (unpaired) electrons. The summed E-state index contributed by atoms with van der Waals surface area (Å²) in [7, 11) is -4.16. The number of anilines is 2. The van der Waals surface area contributed by atoms with Gasteiger partial charge >= 0.3 is 0 Å². The SMILES string of the molecule is Cc1ccc(N(CC(=O)Nc2ccc(Br)c(C)c2)S(=O)(=O)c2cccc3nonc23)cc1. The van der Waals surface area contributed by atoms with Crippen LogP contribution in [-0.2, 0) is 14.8 Å². The number of benzene rings is 3. The summed E-state index contributed by atoms with van der Waals surface area (Å²) in [5.74, 6) is -0.485. The molecule has 0 spiro atoms. The van der Waals surface area contributed by atoms with Crippen LogP contribution < -0.4 is 9.62 Å². The summed E-state index contributed by atoms with van der Waals surface area (Å²) in [6.45, 7) is 3.37. The average molecular weight is 515 g/mol. The molecule has 4 aromatic rings. The molecule has 3 aromatic carbocycles. The van der Waals surface area contributed by atoms with E-state index < -0.39 is 22.5 Å². The van der Waals surface area contributed by atoms with Crippen molar-refractivity contribution in [3.05, 3.63) is 76.3 Å². The molecule has 1 heterocycles. The first-order chi connectivity index (χ1) is 15.3. The van der Waals surface area contributed by atoms with Gasteiger partial charge in [-0.25, -0.2) is 13.0 Å². The largest absolute Gasteiger partial charge is 0.325 e. The van der Waals surface area contributed by atoms with E-state index in [0.29, 0.717) is 16.9 Å². The highest BCUT2D eigenvalue weighted by molar-refractivity contribution is 9.10. The van der Waals surface area contributed by atoms with Gasteiger partial charge in [0, 0.05) is 10.2 Å². The monoisotopic (exact) mass is 514 g/mol. The predicted octanol–water partition coefficient (Wildman–Crippen LogP) is 4.44. The Bertz CT molecular complexity index is 1400. The maximum Gasteiger partial charge on any atom is 0.267 e. The van der Waals surface area contributed by atoms with Gasteiger partial charge in [-0.15, -0.1) is 0 Å². The number of amides is 1. The highest BCUT2D eigenvalue weighted by Crippen LogP contribution is 2.28. The van der Waals surface area contributed by atoms with Crippen molar-refractivity contribution in [1.29, 1.82) is 0 Å². The van der Waals surface area contributed by atoms with Crippen LogP contribution >= 0.6 is 15.9 Å².